The van der Waals surface area contributed by atoms with Crippen molar-refractivity contribution in [3.8, 4) is 11.1 Å². The van der Waals surface area contributed by atoms with Gasteiger partial charge in [-0.2, -0.15) is 0 Å². The lowest BCUT2D eigenvalue weighted by Crippen LogP contribution is -1.91. The van der Waals surface area contributed by atoms with Crippen LogP contribution in [-0.4, -0.2) is 0 Å². The Morgan fingerprint density at radius 1 is 0.632 bits per heavy atom. The van der Waals surface area contributed by atoms with Gasteiger partial charge in [0.1, 0.15) is 0 Å². The Hall–Kier alpha value is -1.56. The van der Waals surface area contributed by atoms with Crippen LogP contribution >= 0.6 is 0 Å². The summed E-state index contributed by atoms with van der Waals surface area (Å²) in [5.74, 6) is 0. The van der Waals surface area contributed by atoms with E-state index in [1.165, 1.54) is 38.9 Å². The van der Waals surface area contributed by atoms with Crippen LogP contribution in [0.5, 0.6) is 0 Å². The Bertz CT molecular complexity index is 562. The first-order valence-corrected chi connectivity index (χ1v) is 7.14. The molecule has 0 aliphatic carbocycles. The van der Waals surface area contributed by atoms with Crippen LogP contribution in [0.25, 0.3) is 11.1 Å². The van der Waals surface area contributed by atoms with Crippen LogP contribution in [0.2, 0.25) is 0 Å². The van der Waals surface area contributed by atoms with E-state index in [-0.39, 0.29) is 0 Å². The van der Waals surface area contributed by atoms with Crippen molar-refractivity contribution >= 4 is 0 Å². The van der Waals surface area contributed by atoms with Gasteiger partial charge in [0.2, 0.25) is 0 Å². The van der Waals surface area contributed by atoms with Gasteiger partial charge in [0.05, 0.1) is 0 Å². The fourth-order valence-electron chi connectivity index (χ4n) is 2.25. The average molecular weight is 254 g/mol. The maximum atomic E-state index is 2.29. The molecule has 0 saturated carbocycles. The van der Waals surface area contributed by atoms with E-state index in [0.29, 0.717) is 0 Å². The van der Waals surface area contributed by atoms with Crippen molar-refractivity contribution < 1.29 is 0 Å². The molecule has 2 aromatic carbocycles. The Kier molecular flexibility index (Phi) is 5.35. The minimum Gasteiger partial charge on any atom is -0.0683 e. The van der Waals surface area contributed by atoms with E-state index in [1.54, 1.807) is 0 Å². The molecule has 0 spiro atoms. The predicted molar refractivity (Wildman–Crippen MR) is 86.9 cm³/mol. The first kappa shape index (κ1) is 15.5. The molecule has 0 heterocycles. The van der Waals surface area contributed by atoms with Gasteiger partial charge in [-0.3, -0.25) is 0 Å². The predicted octanol–water partition coefficient (Wildman–Crippen LogP) is 5.92. The zero-order valence-electron chi connectivity index (χ0n) is 13.4. The molecule has 0 aliphatic heterocycles. The summed E-state index contributed by atoms with van der Waals surface area (Å²) in [4.78, 5) is 0. The van der Waals surface area contributed by atoms with Gasteiger partial charge < -0.3 is 0 Å². The van der Waals surface area contributed by atoms with Crippen LogP contribution in [-0.2, 0) is 0 Å². The van der Waals surface area contributed by atoms with Gasteiger partial charge >= 0.3 is 0 Å². The topological polar surface area (TPSA) is 0 Å². The first-order chi connectivity index (χ1) is 8.99. The quantitative estimate of drug-likeness (QED) is 0.592. The van der Waals surface area contributed by atoms with Gasteiger partial charge in [-0.15, -0.1) is 0 Å². The molecule has 0 N–H and O–H groups in total. The van der Waals surface area contributed by atoms with Gasteiger partial charge in [-0.25, -0.2) is 0 Å². The van der Waals surface area contributed by atoms with E-state index in [0.717, 1.165) is 0 Å². The normalized spacial score (nSPS) is 9.84. The van der Waals surface area contributed by atoms with Gasteiger partial charge in [0.25, 0.3) is 0 Å². The molecule has 0 aliphatic rings. The van der Waals surface area contributed by atoms with Crippen LogP contribution in [0.3, 0.4) is 0 Å². The van der Waals surface area contributed by atoms with Crippen molar-refractivity contribution in [3.05, 3.63) is 58.1 Å². The molecule has 0 amide bonds. The fourth-order valence-corrected chi connectivity index (χ4v) is 2.25. The number of benzene rings is 2. The van der Waals surface area contributed by atoms with Gasteiger partial charge in [-0.1, -0.05) is 49.7 Å². The van der Waals surface area contributed by atoms with Gasteiger partial charge in [-0.05, 0) is 68.0 Å². The second-order valence-corrected chi connectivity index (χ2v) is 5.05. The van der Waals surface area contributed by atoms with E-state index < -0.39 is 0 Å². The SMILES string of the molecule is CC.Cc1cc(C)c(C)c(-c2ccc(C)c(C)c2)c1. The lowest BCUT2D eigenvalue weighted by molar-refractivity contribution is 1.29. The highest BCUT2D eigenvalue weighted by molar-refractivity contribution is 5.70. The maximum absolute atomic E-state index is 2.29. The summed E-state index contributed by atoms with van der Waals surface area (Å²) in [6.07, 6.45) is 0. The molecule has 2 rings (SSSR count). The summed E-state index contributed by atoms with van der Waals surface area (Å²) in [6, 6.07) is 11.3. The van der Waals surface area contributed by atoms with Gasteiger partial charge in [0.15, 0.2) is 0 Å². The lowest BCUT2D eigenvalue weighted by atomic mass is 9.93. The standard InChI is InChI=1S/C17H20.C2H6/c1-11-8-14(4)15(5)17(9-11)16-7-6-12(2)13(3)10-16;1-2/h6-10H,1-5H3;1-2H3. The van der Waals surface area contributed by atoms with E-state index in [2.05, 4.69) is 65.0 Å². The van der Waals surface area contributed by atoms with Crippen molar-refractivity contribution in [2.24, 2.45) is 0 Å². The van der Waals surface area contributed by atoms with Crippen molar-refractivity contribution in [2.75, 3.05) is 0 Å². The van der Waals surface area contributed by atoms with E-state index in [1.807, 2.05) is 13.8 Å². The summed E-state index contributed by atoms with van der Waals surface area (Å²) in [6.45, 7) is 14.9. The molecule has 0 radical (unpaired) electrons. The summed E-state index contributed by atoms with van der Waals surface area (Å²) in [7, 11) is 0. The van der Waals surface area contributed by atoms with Crippen LogP contribution in [0, 0.1) is 34.6 Å². The average Bonchev–Trinajstić information content (AvgIpc) is 2.39. The van der Waals surface area contributed by atoms with Crippen molar-refractivity contribution in [1.82, 2.24) is 0 Å². The third-order valence-corrected chi connectivity index (χ3v) is 3.63. The molecule has 0 aromatic heterocycles. The highest BCUT2D eigenvalue weighted by atomic mass is 14.1. The zero-order valence-corrected chi connectivity index (χ0v) is 13.4. The molecular weight excluding hydrogens is 228 g/mol. The lowest BCUT2D eigenvalue weighted by Gasteiger charge is -2.12. The van der Waals surface area contributed by atoms with Crippen molar-refractivity contribution in [2.45, 2.75) is 48.5 Å². The van der Waals surface area contributed by atoms with E-state index in [4.69, 9.17) is 0 Å². The van der Waals surface area contributed by atoms with Gasteiger partial charge in [0, 0.05) is 0 Å². The monoisotopic (exact) mass is 254 g/mol. The Labute approximate surface area is 118 Å². The van der Waals surface area contributed by atoms with Crippen LogP contribution in [0.1, 0.15) is 41.7 Å². The second-order valence-electron chi connectivity index (χ2n) is 5.05. The molecule has 19 heavy (non-hydrogen) atoms. The second kappa shape index (κ2) is 6.56. The molecule has 0 atom stereocenters. The van der Waals surface area contributed by atoms with Crippen LogP contribution in [0.4, 0.5) is 0 Å². The van der Waals surface area contributed by atoms with Crippen molar-refractivity contribution in [3.63, 3.8) is 0 Å². The molecule has 0 saturated heterocycles. The molecule has 0 fully saturated rings. The molecule has 102 valence electrons. The molecular formula is C19H26. The smallest absolute Gasteiger partial charge is 0.0149 e. The molecule has 2 aromatic rings. The van der Waals surface area contributed by atoms with Crippen LogP contribution in [0.15, 0.2) is 30.3 Å². The summed E-state index contributed by atoms with van der Waals surface area (Å²) < 4.78 is 0. The van der Waals surface area contributed by atoms with Crippen molar-refractivity contribution in [1.29, 1.82) is 0 Å². The zero-order chi connectivity index (χ0) is 14.6. The Morgan fingerprint density at radius 3 is 1.84 bits per heavy atom. The minimum absolute atomic E-state index is 1.33. The molecule has 0 bridgehead atoms. The number of aryl methyl sites for hydroxylation is 4. The number of hydrogen-bond donors (Lipinski definition) is 0. The highest BCUT2D eigenvalue weighted by Gasteiger charge is 2.06. The van der Waals surface area contributed by atoms with E-state index >= 15 is 0 Å². The first-order valence-electron chi connectivity index (χ1n) is 7.14. The molecule has 0 unspecified atom stereocenters. The highest BCUT2D eigenvalue weighted by Crippen LogP contribution is 2.28. The molecule has 0 nitrogen and oxygen atoms in total. The number of hydrogen-bond acceptors (Lipinski definition) is 0. The number of rotatable bonds is 1. The maximum Gasteiger partial charge on any atom is -0.0149 e. The third-order valence-electron chi connectivity index (χ3n) is 3.63. The summed E-state index contributed by atoms with van der Waals surface area (Å²) >= 11 is 0. The Balaban J connectivity index is 0.000000861. The largest absolute Gasteiger partial charge is 0.0683 e. The Morgan fingerprint density at radius 2 is 1.26 bits per heavy atom. The summed E-state index contributed by atoms with van der Waals surface area (Å²) in [5, 5.41) is 0. The minimum atomic E-state index is 1.33. The van der Waals surface area contributed by atoms with Crippen LogP contribution < -0.4 is 0 Å². The fraction of sp³-hybridized carbons (Fsp3) is 0.368. The molecule has 0 heteroatoms. The third kappa shape index (κ3) is 3.47. The summed E-state index contributed by atoms with van der Waals surface area (Å²) in [5.41, 5.74) is 9.51. The van der Waals surface area contributed by atoms with E-state index in [9.17, 15) is 0 Å².